The van der Waals surface area contributed by atoms with Gasteiger partial charge in [0.1, 0.15) is 11.7 Å². The first-order valence-electron chi connectivity index (χ1n) is 6.00. The maximum atomic E-state index is 11.6. The van der Waals surface area contributed by atoms with Crippen LogP contribution in [0.5, 0.6) is 0 Å². The zero-order chi connectivity index (χ0) is 12.1. The van der Waals surface area contributed by atoms with Gasteiger partial charge in [0, 0.05) is 12.8 Å². The molecule has 1 aliphatic carbocycles. The number of benzene rings is 1. The molecule has 0 bridgehead atoms. The Morgan fingerprint density at radius 2 is 2.06 bits per heavy atom. The van der Waals surface area contributed by atoms with Crippen LogP contribution in [-0.4, -0.2) is 18.4 Å². The van der Waals surface area contributed by atoms with Gasteiger partial charge in [-0.3, -0.25) is 9.59 Å². The number of carbonyl (C=O) groups excluding carboxylic acids is 2. The van der Waals surface area contributed by atoms with E-state index >= 15 is 0 Å². The predicted octanol–water partition coefficient (Wildman–Crippen LogP) is 2.14. The second-order valence-electron chi connectivity index (χ2n) is 4.31. The van der Waals surface area contributed by atoms with Gasteiger partial charge < -0.3 is 4.74 Å². The summed E-state index contributed by atoms with van der Waals surface area (Å²) in [6.45, 7) is 0.354. The largest absolute Gasteiger partial charge is 0.465 e. The zero-order valence-corrected chi connectivity index (χ0v) is 9.72. The van der Waals surface area contributed by atoms with Crippen LogP contribution in [0.2, 0.25) is 0 Å². The average molecular weight is 232 g/mol. The summed E-state index contributed by atoms with van der Waals surface area (Å²) in [4.78, 5) is 23.0. The topological polar surface area (TPSA) is 43.4 Å². The number of carbonyl (C=O) groups is 2. The first-order chi connectivity index (χ1) is 8.27. The number of hydrogen-bond donors (Lipinski definition) is 0. The molecular weight excluding hydrogens is 216 g/mol. The maximum absolute atomic E-state index is 11.6. The molecule has 1 unspecified atom stereocenters. The van der Waals surface area contributed by atoms with E-state index in [4.69, 9.17) is 4.74 Å². The summed E-state index contributed by atoms with van der Waals surface area (Å²) in [5.74, 6) is -0.802. The van der Waals surface area contributed by atoms with Gasteiger partial charge in [-0.25, -0.2) is 0 Å². The lowest BCUT2D eigenvalue weighted by Gasteiger charge is -2.08. The molecule has 0 saturated heterocycles. The monoisotopic (exact) mass is 232 g/mol. The summed E-state index contributed by atoms with van der Waals surface area (Å²) in [7, 11) is 0. The molecule has 2 rings (SSSR count). The Bertz CT molecular complexity index is 397. The van der Waals surface area contributed by atoms with E-state index in [0.29, 0.717) is 25.9 Å². The van der Waals surface area contributed by atoms with E-state index in [1.807, 2.05) is 30.3 Å². The molecule has 90 valence electrons. The number of rotatable bonds is 4. The van der Waals surface area contributed by atoms with Crippen molar-refractivity contribution in [2.75, 3.05) is 6.61 Å². The van der Waals surface area contributed by atoms with Crippen molar-refractivity contribution in [3.05, 3.63) is 35.9 Å². The smallest absolute Gasteiger partial charge is 0.316 e. The number of Topliss-reactive ketones (excluding diaryl/α,β-unsaturated/α-hetero) is 1. The molecule has 0 amide bonds. The highest BCUT2D eigenvalue weighted by atomic mass is 16.5. The summed E-state index contributed by atoms with van der Waals surface area (Å²) < 4.78 is 5.14. The molecule has 1 aliphatic rings. The standard InChI is InChI=1S/C14H16O3/c15-13-8-4-7-12(13)14(16)17-10-9-11-5-2-1-3-6-11/h1-3,5-6,12H,4,7-10H2. The van der Waals surface area contributed by atoms with E-state index < -0.39 is 5.92 Å². The molecule has 1 atom stereocenters. The van der Waals surface area contributed by atoms with Crippen molar-refractivity contribution in [1.29, 1.82) is 0 Å². The van der Waals surface area contributed by atoms with Gasteiger partial charge in [0.05, 0.1) is 6.61 Å². The Morgan fingerprint density at radius 1 is 1.29 bits per heavy atom. The highest BCUT2D eigenvalue weighted by Crippen LogP contribution is 2.22. The van der Waals surface area contributed by atoms with Crippen molar-refractivity contribution in [3.8, 4) is 0 Å². The molecule has 17 heavy (non-hydrogen) atoms. The molecule has 0 N–H and O–H groups in total. The minimum Gasteiger partial charge on any atom is -0.465 e. The molecule has 1 fully saturated rings. The van der Waals surface area contributed by atoms with Gasteiger partial charge in [-0.2, -0.15) is 0 Å². The van der Waals surface area contributed by atoms with Gasteiger partial charge in [-0.05, 0) is 18.4 Å². The average Bonchev–Trinajstić information content (AvgIpc) is 2.77. The number of ether oxygens (including phenoxy) is 1. The van der Waals surface area contributed by atoms with Crippen LogP contribution in [0, 0.1) is 5.92 Å². The van der Waals surface area contributed by atoms with Crippen LogP contribution in [0.3, 0.4) is 0 Å². The minimum absolute atomic E-state index is 0.0368. The van der Waals surface area contributed by atoms with Gasteiger partial charge in [-0.15, -0.1) is 0 Å². The van der Waals surface area contributed by atoms with E-state index in [2.05, 4.69) is 0 Å². The van der Waals surface area contributed by atoms with Crippen molar-refractivity contribution in [3.63, 3.8) is 0 Å². The van der Waals surface area contributed by atoms with Crippen LogP contribution in [-0.2, 0) is 20.7 Å². The minimum atomic E-state index is -0.495. The lowest BCUT2D eigenvalue weighted by Crippen LogP contribution is -2.22. The highest BCUT2D eigenvalue weighted by molar-refractivity contribution is 6.00. The predicted molar refractivity (Wildman–Crippen MR) is 63.5 cm³/mol. The van der Waals surface area contributed by atoms with Crippen molar-refractivity contribution < 1.29 is 14.3 Å². The van der Waals surface area contributed by atoms with Crippen molar-refractivity contribution in [1.82, 2.24) is 0 Å². The van der Waals surface area contributed by atoms with Gasteiger partial charge in [0.2, 0.25) is 0 Å². The normalized spacial score (nSPS) is 19.3. The van der Waals surface area contributed by atoms with Crippen LogP contribution < -0.4 is 0 Å². The third-order valence-corrected chi connectivity index (χ3v) is 3.07. The van der Waals surface area contributed by atoms with Crippen LogP contribution in [0.15, 0.2) is 30.3 Å². The Labute approximate surface area is 101 Å². The maximum Gasteiger partial charge on any atom is 0.316 e. The Balaban J connectivity index is 1.75. The first-order valence-corrected chi connectivity index (χ1v) is 6.00. The molecule has 0 aromatic heterocycles. The fourth-order valence-electron chi connectivity index (χ4n) is 2.08. The molecule has 1 aromatic rings. The van der Waals surface area contributed by atoms with Crippen LogP contribution in [0.25, 0.3) is 0 Å². The third kappa shape index (κ3) is 3.16. The molecule has 3 heteroatoms. The third-order valence-electron chi connectivity index (χ3n) is 3.07. The summed E-state index contributed by atoms with van der Waals surface area (Å²) in [6.07, 6.45) is 2.70. The molecular formula is C14H16O3. The number of ketones is 1. The Hall–Kier alpha value is -1.64. The number of esters is 1. The lowest BCUT2D eigenvalue weighted by atomic mass is 10.1. The van der Waals surface area contributed by atoms with E-state index in [1.165, 1.54) is 0 Å². The fourth-order valence-corrected chi connectivity index (χ4v) is 2.08. The van der Waals surface area contributed by atoms with Gasteiger partial charge >= 0.3 is 5.97 Å². The zero-order valence-electron chi connectivity index (χ0n) is 9.72. The van der Waals surface area contributed by atoms with Crippen LogP contribution in [0.1, 0.15) is 24.8 Å². The van der Waals surface area contributed by atoms with Crippen LogP contribution in [0.4, 0.5) is 0 Å². The molecule has 0 heterocycles. The summed E-state index contributed by atoms with van der Waals surface area (Å²) >= 11 is 0. The first kappa shape index (κ1) is 11.8. The van der Waals surface area contributed by atoms with Gasteiger partial charge in [0.25, 0.3) is 0 Å². The van der Waals surface area contributed by atoms with E-state index in [-0.39, 0.29) is 11.8 Å². The molecule has 0 radical (unpaired) electrons. The second kappa shape index (κ2) is 5.62. The lowest BCUT2D eigenvalue weighted by molar-refractivity contribution is -0.150. The van der Waals surface area contributed by atoms with Gasteiger partial charge in [-0.1, -0.05) is 30.3 Å². The highest BCUT2D eigenvalue weighted by Gasteiger charge is 2.32. The Kier molecular flexibility index (Phi) is 3.91. The van der Waals surface area contributed by atoms with E-state index in [0.717, 1.165) is 12.0 Å². The van der Waals surface area contributed by atoms with Crippen molar-refractivity contribution >= 4 is 11.8 Å². The number of hydrogen-bond acceptors (Lipinski definition) is 3. The van der Waals surface area contributed by atoms with Crippen molar-refractivity contribution in [2.24, 2.45) is 5.92 Å². The van der Waals surface area contributed by atoms with E-state index in [1.54, 1.807) is 0 Å². The molecule has 1 saturated carbocycles. The molecule has 3 nitrogen and oxygen atoms in total. The Morgan fingerprint density at radius 3 is 2.71 bits per heavy atom. The van der Waals surface area contributed by atoms with Gasteiger partial charge in [0.15, 0.2) is 0 Å². The quantitative estimate of drug-likeness (QED) is 0.590. The SMILES string of the molecule is O=C1CCCC1C(=O)OCCc1ccccc1. The van der Waals surface area contributed by atoms with E-state index in [9.17, 15) is 9.59 Å². The fraction of sp³-hybridized carbons (Fsp3) is 0.429. The summed E-state index contributed by atoms with van der Waals surface area (Å²) in [6, 6.07) is 9.85. The summed E-state index contributed by atoms with van der Waals surface area (Å²) in [5.41, 5.74) is 1.14. The molecule has 0 aliphatic heterocycles. The molecule has 1 aromatic carbocycles. The van der Waals surface area contributed by atoms with Crippen molar-refractivity contribution in [2.45, 2.75) is 25.7 Å². The van der Waals surface area contributed by atoms with Crippen LogP contribution >= 0.6 is 0 Å². The second-order valence-corrected chi connectivity index (χ2v) is 4.31. The molecule has 0 spiro atoms. The summed E-state index contributed by atoms with van der Waals surface area (Å²) in [5, 5.41) is 0.